The number of carbonyl (C=O) groups excluding carboxylic acids is 2. The van der Waals surface area contributed by atoms with Gasteiger partial charge >= 0.3 is 6.03 Å². The highest BCUT2D eigenvalue weighted by molar-refractivity contribution is 5.77. The lowest BCUT2D eigenvalue weighted by molar-refractivity contribution is -0.139. The second kappa shape index (κ2) is 7.25. The van der Waals surface area contributed by atoms with Crippen LogP contribution in [0.2, 0.25) is 0 Å². The number of hydrogen-bond donors (Lipinski definition) is 1. The van der Waals surface area contributed by atoms with Crippen molar-refractivity contribution < 1.29 is 9.59 Å². The number of likely N-dealkylation sites (tertiary alicyclic amines) is 2. The lowest BCUT2D eigenvalue weighted by atomic mass is 9.73. The Morgan fingerprint density at radius 1 is 1.31 bits per heavy atom. The normalized spacial score (nSPS) is 24.0. The van der Waals surface area contributed by atoms with Gasteiger partial charge in [-0.3, -0.25) is 9.78 Å². The Labute approximate surface area is 156 Å². The molecule has 0 radical (unpaired) electrons. The van der Waals surface area contributed by atoms with Gasteiger partial charge < -0.3 is 15.1 Å². The third kappa shape index (κ3) is 4.54. The summed E-state index contributed by atoms with van der Waals surface area (Å²) in [6, 6.07) is 3.91. The van der Waals surface area contributed by atoms with E-state index in [0.717, 1.165) is 44.5 Å². The van der Waals surface area contributed by atoms with Crippen molar-refractivity contribution in [3.05, 3.63) is 30.1 Å². The summed E-state index contributed by atoms with van der Waals surface area (Å²) in [5, 5.41) is 3.07. The van der Waals surface area contributed by atoms with Gasteiger partial charge in [0.05, 0.1) is 0 Å². The first-order valence-corrected chi connectivity index (χ1v) is 9.50. The van der Waals surface area contributed by atoms with Crippen molar-refractivity contribution in [2.75, 3.05) is 19.6 Å². The second-order valence-corrected chi connectivity index (χ2v) is 8.82. The minimum absolute atomic E-state index is 0.00674. The van der Waals surface area contributed by atoms with Gasteiger partial charge in [-0.2, -0.15) is 0 Å². The van der Waals surface area contributed by atoms with Gasteiger partial charge in [0.2, 0.25) is 5.91 Å². The molecule has 3 rings (SSSR count). The molecular formula is C20H30N4O2. The Morgan fingerprint density at radius 2 is 2.12 bits per heavy atom. The van der Waals surface area contributed by atoms with Crippen molar-refractivity contribution in [3.63, 3.8) is 0 Å². The molecule has 2 fully saturated rings. The summed E-state index contributed by atoms with van der Waals surface area (Å²) in [5.41, 5.74) is 0.830. The van der Waals surface area contributed by atoms with E-state index >= 15 is 0 Å². The van der Waals surface area contributed by atoms with Crippen LogP contribution in [-0.4, -0.2) is 51.9 Å². The molecule has 2 saturated heterocycles. The van der Waals surface area contributed by atoms with E-state index in [-0.39, 0.29) is 22.9 Å². The summed E-state index contributed by atoms with van der Waals surface area (Å²) in [6.45, 7) is 8.84. The predicted octanol–water partition coefficient (Wildman–Crippen LogP) is 2.79. The first-order valence-electron chi connectivity index (χ1n) is 9.50. The highest BCUT2D eigenvalue weighted by Crippen LogP contribution is 2.39. The maximum Gasteiger partial charge on any atom is 0.317 e. The zero-order chi connectivity index (χ0) is 18.8. The molecule has 3 amide bonds. The molecule has 6 nitrogen and oxygen atoms in total. The van der Waals surface area contributed by atoms with Gasteiger partial charge in [0.1, 0.15) is 0 Å². The molecule has 142 valence electrons. The number of carbonyl (C=O) groups is 2. The number of rotatable bonds is 2. The Morgan fingerprint density at radius 3 is 2.81 bits per heavy atom. The molecule has 3 heterocycles. The smallest absolute Gasteiger partial charge is 0.317 e. The first-order chi connectivity index (χ1) is 12.3. The monoisotopic (exact) mass is 358 g/mol. The average molecular weight is 358 g/mol. The van der Waals surface area contributed by atoms with Gasteiger partial charge in [0.25, 0.3) is 0 Å². The van der Waals surface area contributed by atoms with Crippen LogP contribution in [0.4, 0.5) is 4.79 Å². The first kappa shape index (κ1) is 18.7. The molecule has 26 heavy (non-hydrogen) atoms. The molecule has 0 bridgehead atoms. The molecule has 1 aromatic rings. The zero-order valence-corrected chi connectivity index (χ0v) is 16.1. The molecule has 6 heteroatoms. The average Bonchev–Trinajstić information content (AvgIpc) is 2.58. The molecule has 1 N–H and O–H groups in total. The number of piperidine rings is 2. The molecule has 0 aromatic carbocycles. The Hall–Kier alpha value is -2.11. The number of urea groups is 1. The highest BCUT2D eigenvalue weighted by Gasteiger charge is 2.43. The Bertz CT molecular complexity index is 656. The standard InChI is InChI=1S/C20H30N4O2/c1-19(2,3)22-18(26)23-11-5-8-20(14-23)9-7-17(25)24(15-20)13-16-6-4-10-21-12-16/h4,6,10,12H,5,7-9,11,13-15H2,1-3H3,(H,22,26)/t20-/m0/s1. The summed E-state index contributed by atoms with van der Waals surface area (Å²) in [6.07, 6.45) is 7.06. The van der Waals surface area contributed by atoms with Crippen LogP contribution in [0.5, 0.6) is 0 Å². The number of nitrogens with zero attached hydrogens (tertiary/aromatic N) is 3. The van der Waals surface area contributed by atoms with E-state index in [1.165, 1.54) is 0 Å². The molecule has 1 spiro atoms. The molecule has 2 aliphatic rings. The third-order valence-electron chi connectivity index (χ3n) is 5.27. The molecule has 0 unspecified atom stereocenters. The molecular weight excluding hydrogens is 328 g/mol. The van der Waals surface area contributed by atoms with E-state index in [4.69, 9.17) is 0 Å². The van der Waals surface area contributed by atoms with Gasteiger partial charge in [-0.25, -0.2) is 4.79 Å². The lowest BCUT2D eigenvalue weighted by Gasteiger charge is -2.48. The quantitative estimate of drug-likeness (QED) is 0.884. The minimum Gasteiger partial charge on any atom is -0.338 e. The molecule has 0 saturated carbocycles. The van der Waals surface area contributed by atoms with Gasteiger partial charge in [-0.05, 0) is 51.7 Å². The van der Waals surface area contributed by atoms with E-state index in [2.05, 4.69) is 10.3 Å². The van der Waals surface area contributed by atoms with E-state index in [9.17, 15) is 9.59 Å². The second-order valence-electron chi connectivity index (χ2n) is 8.82. The van der Waals surface area contributed by atoms with Crippen LogP contribution in [0, 0.1) is 5.41 Å². The van der Waals surface area contributed by atoms with Gasteiger partial charge in [0, 0.05) is 55.9 Å². The minimum atomic E-state index is -0.240. The van der Waals surface area contributed by atoms with Crippen LogP contribution in [0.1, 0.15) is 52.0 Å². The summed E-state index contributed by atoms with van der Waals surface area (Å²) in [4.78, 5) is 33.1. The SMILES string of the molecule is CC(C)(C)NC(=O)N1CCC[C@]2(CCC(=O)N(Cc3cccnc3)C2)C1. The maximum atomic E-state index is 12.6. The summed E-state index contributed by atoms with van der Waals surface area (Å²) >= 11 is 0. The zero-order valence-electron chi connectivity index (χ0n) is 16.1. The molecule has 2 aliphatic heterocycles. The fourth-order valence-electron chi connectivity index (χ4n) is 4.07. The molecule has 1 aromatic heterocycles. The van der Waals surface area contributed by atoms with Crippen LogP contribution in [-0.2, 0) is 11.3 Å². The van der Waals surface area contributed by atoms with Crippen molar-refractivity contribution in [3.8, 4) is 0 Å². The van der Waals surface area contributed by atoms with E-state index in [1.807, 2.05) is 48.9 Å². The maximum absolute atomic E-state index is 12.6. The van der Waals surface area contributed by atoms with Crippen LogP contribution in [0.25, 0.3) is 0 Å². The van der Waals surface area contributed by atoms with Crippen molar-refractivity contribution >= 4 is 11.9 Å². The number of aromatic nitrogens is 1. The number of amides is 3. The number of hydrogen-bond acceptors (Lipinski definition) is 3. The van der Waals surface area contributed by atoms with Gasteiger partial charge in [-0.1, -0.05) is 6.07 Å². The number of nitrogens with one attached hydrogen (secondary N) is 1. The van der Waals surface area contributed by atoms with Crippen LogP contribution in [0.3, 0.4) is 0 Å². The highest BCUT2D eigenvalue weighted by atomic mass is 16.2. The van der Waals surface area contributed by atoms with E-state index in [0.29, 0.717) is 13.0 Å². The molecule has 1 atom stereocenters. The van der Waals surface area contributed by atoms with E-state index < -0.39 is 0 Å². The Balaban J connectivity index is 1.68. The van der Waals surface area contributed by atoms with Crippen LogP contribution < -0.4 is 5.32 Å². The van der Waals surface area contributed by atoms with Crippen LogP contribution >= 0.6 is 0 Å². The summed E-state index contributed by atoms with van der Waals surface area (Å²) < 4.78 is 0. The van der Waals surface area contributed by atoms with Crippen molar-refractivity contribution in [1.29, 1.82) is 0 Å². The fraction of sp³-hybridized carbons (Fsp3) is 0.650. The van der Waals surface area contributed by atoms with Crippen molar-refractivity contribution in [2.24, 2.45) is 5.41 Å². The predicted molar refractivity (Wildman–Crippen MR) is 100 cm³/mol. The summed E-state index contributed by atoms with van der Waals surface area (Å²) in [7, 11) is 0. The largest absolute Gasteiger partial charge is 0.338 e. The molecule has 0 aliphatic carbocycles. The topological polar surface area (TPSA) is 65.5 Å². The lowest BCUT2D eigenvalue weighted by Crippen LogP contribution is -2.58. The number of pyridine rings is 1. The van der Waals surface area contributed by atoms with Crippen molar-refractivity contribution in [2.45, 2.75) is 58.5 Å². The Kier molecular flexibility index (Phi) is 5.21. The summed E-state index contributed by atoms with van der Waals surface area (Å²) in [5.74, 6) is 0.204. The van der Waals surface area contributed by atoms with Crippen molar-refractivity contribution in [1.82, 2.24) is 20.1 Å². The third-order valence-corrected chi connectivity index (χ3v) is 5.27. The van der Waals surface area contributed by atoms with Gasteiger partial charge in [0.15, 0.2) is 0 Å². The fourth-order valence-corrected chi connectivity index (χ4v) is 4.07. The van der Waals surface area contributed by atoms with Crippen LogP contribution in [0.15, 0.2) is 24.5 Å². The van der Waals surface area contributed by atoms with E-state index in [1.54, 1.807) is 6.20 Å². The van der Waals surface area contributed by atoms with Gasteiger partial charge in [-0.15, -0.1) is 0 Å².